The van der Waals surface area contributed by atoms with E-state index in [1.54, 1.807) is 0 Å². The number of carbonyl (C=O) groups excluding carboxylic acids is 3. The van der Waals surface area contributed by atoms with Crippen molar-refractivity contribution in [1.29, 1.82) is 0 Å². The maximum atomic E-state index is 12.8. The van der Waals surface area contributed by atoms with Crippen LogP contribution in [0.25, 0.3) is 0 Å². The molecule has 0 radical (unpaired) electrons. The zero-order chi connectivity index (χ0) is 66.3. The summed E-state index contributed by atoms with van der Waals surface area (Å²) in [6.07, 6.45) is 61.2. The highest BCUT2D eigenvalue weighted by molar-refractivity contribution is 5.85. The van der Waals surface area contributed by atoms with Gasteiger partial charge in [-0.15, -0.1) is 12.4 Å². The van der Waals surface area contributed by atoms with Gasteiger partial charge in [0.05, 0.1) is 39.5 Å². The molecule has 0 aromatic rings. The quantitative estimate of drug-likeness (QED) is 0.0129. The normalized spacial score (nSPS) is 10.9. The number of allylic oxidation sites excluding steroid dienone is 6. The number of carbonyl (C=O) groups is 5. The third kappa shape index (κ3) is 98.4. The minimum absolute atomic E-state index is 0. The minimum Gasteiger partial charge on any atom is -0.480 e. The van der Waals surface area contributed by atoms with Crippen LogP contribution in [0.4, 0.5) is 0 Å². The van der Waals surface area contributed by atoms with Crippen molar-refractivity contribution in [2.75, 3.05) is 78.9 Å². The van der Waals surface area contributed by atoms with E-state index in [-0.39, 0.29) is 69.8 Å². The van der Waals surface area contributed by atoms with Crippen molar-refractivity contribution >= 4 is 42.3 Å². The van der Waals surface area contributed by atoms with Gasteiger partial charge in [-0.3, -0.25) is 24.0 Å². The van der Waals surface area contributed by atoms with Gasteiger partial charge in [-0.25, -0.2) is 0 Å². The fraction of sp³-hybridized carbons (Fsp3) is 0.845. The maximum Gasteiger partial charge on any atom is 0.317 e. The first-order valence-corrected chi connectivity index (χ1v) is 35.3. The van der Waals surface area contributed by atoms with Gasteiger partial charge in [0, 0.05) is 32.4 Å². The van der Waals surface area contributed by atoms with Crippen LogP contribution in [0.2, 0.25) is 0 Å². The van der Waals surface area contributed by atoms with Gasteiger partial charge in [0.15, 0.2) is 6.10 Å². The van der Waals surface area contributed by atoms with Crippen molar-refractivity contribution in [2.24, 2.45) is 17.2 Å². The molecule has 0 amide bonds. The maximum absolute atomic E-state index is 12.8. The third-order valence-electron chi connectivity index (χ3n) is 14.2. The van der Waals surface area contributed by atoms with Crippen molar-refractivity contribution in [3.8, 4) is 0 Å². The first kappa shape index (κ1) is 96.7. The number of carboxylic acids is 2. The molecule has 0 aliphatic heterocycles. The van der Waals surface area contributed by atoms with E-state index in [0.29, 0.717) is 32.5 Å². The number of rotatable bonds is 60. The Morgan fingerprint density at radius 2 is 0.640 bits per heavy atom. The highest BCUT2D eigenvalue weighted by atomic mass is 35.5. The van der Waals surface area contributed by atoms with Gasteiger partial charge in [-0.2, -0.15) is 0 Å². The van der Waals surface area contributed by atoms with E-state index in [1.807, 2.05) is 0 Å². The summed E-state index contributed by atoms with van der Waals surface area (Å²) in [5.41, 5.74) is 14.5. The van der Waals surface area contributed by atoms with E-state index < -0.39 is 18.0 Å². The third-order valence-corrected chi connectivity index (χ3v) is 14.2. The van der Waals surface area contributed by atoms with E-state index in [9.17, 15) is 24.0 Å². The van der Waals surface area contributed by atoms with Gasteiger partial charge in [0.1, 0.15) is 13.2 Å². The zero-order valence-electron chi connectivity index (χ0n) is 57.8. The molecule has 0 bridgehead atoms. The number of hydrogen-bond donors (Lipinski definition) is 7. The summed E-state index contributed by atoms with van der Waals surface area (Å²) in [5.74, 6) is -2.83. The van der Waals surface area contributed by atoms with Crippen molar-refractivity contribution in [3.05, 3.63) is 36.5 Å². The molecule has 0 saturated carbocycles. The number of ether oxygens (including phenoxy) is 4. The Morgan fingerprint density at radius 1 is 0.393 bits per heavy atom. The van der Waals surface area contributed by atoms with Crippen molar-refractivity contribution in [3.63, 3.8) is 0 Å². The summed E-state index contributed by atoms with van der Waals surface area (Å²) in [6.45, 7) is 15.1. The molecule has 89 heavy (non-hydrogen) atoms. The lowest BCUT2D eigenvalue weighted by atomic mass is 10.1. The van der Waals surface area contributed by atoms with Gasteiger partial charge >= 0.3 is 29.8 Å². The van der Waals surface area contributed by atoms with Crippen LogP contribution in [-0.2, 0) is 42.9 Å². The van der Waals surface area contributed by atoms with Gasteiger partial charge in [-0.1, -0.05) is 225 Å². The number of unbranched alkanes of at least 4 members (excludes halogenated alkanes) is 33. The SMILES string of the molecule is CCCCCCCC/C=C\CCCCCCCC(=O)OCC(COC(=O)CCCCCCC/C=C\CCCCCCCC)OC(=O)CCCCCCC/C=C\CCCCCCCC.CCN(CC)CCN.Cl.NCC(=O)O.NCC(=O)O.OCCOCCO. The molecule has 0 spiro atoms. The zero-order valence-corrected chi connectivity index (χ0v) is 58.6. The number of halogens is 1. The molecule has 530 valence electrons. The molecule has 0 aliphatic rings. The van der Waals surface area contributed by atoms with Crippen LogP contribution < -0.4 is 17.2 Å². The van der Waals surface area contributed by atoms with Crippen LogP contribution in [-0.4, -0.2) is 140 Å². The summed E-state index contributed by atoms with van der Waals surface area (Å²) in [6, 6.07) is 0. The molecular weight excluding hydrogens is 1150 g/mol. The molecule has 0 unspecified atom stereocenters. The summed E-state index contributed by atoms with van der Waals surface area (Å²) in [4.78, 5) is 58.8. The Hall–Kier alpha value is -3.42. The molecule has 0 saturated heterocycles. The van der Waals surface area contributed by atoms with E-state index in [2.05, 4.69) is 92.2 Å². The van der Waals surface area contributed by atoms with Gasteiger partial charge in [0.25, 0.3) is 0 Å². The average molecular weight is 1290 g/mol. The van der Waals surface area contributed by atoms with Crippen LogP contribution >= 0.6 is 12.4 Å². The molecule has 17 nitrogen and oxygen atoms in total. The van der Waals surface area contributed by atoms with Gasteiger partial charge in [0.2, 0.25) is 0 Å². The molecule has 0 rings (SSSR count). The van der Waals surface area contributed by atoms with Crippen molar-refractivity contribution in [2.45, 2.75) is 310 Å². The lowest BCUT2D eigenvalue weighted by molar-refractivity contribution is -0.167. The second-order valence-corrected chi connectivity index (χ2v) is 22.6. The second kappa shape index (κ2) is 88.8. The first-order chi connectivity index (χ1) is 42.8. The summed E-state index contributed by atoms with van der Waals surface area (Å²) in [5, 5.41) is 31.4. The predicted octanol–water partition coefficient (Wildman–Crippen LogP) is 15.9. The molecule has 0 aromatic carbocycles. The predicted molar refractivity (Wildman–Crippen MR) is 373 cm³/mol. The summed E-state index contributed by atoms with van der Waals surface area (Å²) in [7, 11) is 0. The lowest BCUT2D eigenvalue weighted by Gasteiger charge is -2.18. The number of nitrogens with two attached hydrogens (primary N) is 3. The fourth-order valence-electron chi connectivity index (χ4n) is 8.85. The highest BCUT2D eigenvalue weighted by Gasteiger charge is 2.19. The van der Waals surface area contributed by atoms with Crippen molar-refractivity contribution < 1.29 is 63.3 Å². The number of esters is 3. The molecule has 10 N–H and O–H groups in total. The van der Waals surface area contributed by atoms with E-state index in [0.717, 1.165) is 103 Å². The Kier molecular flexibility index (Phi) is 96.4. The fourth-order valence-corrected chi connectivity index (χ4v) is 8.85. The topological polar surface area (TPSA) is 284 Å². The number of aliphatic hydroxyl groups excluding tert-OH is 2. The minimum atomic E-state index is -0.968. The smallest absolute Gasteiger partial charge is 0.317 e. The molecular formula is C71H141ClN4O13. The van der Waals surface area contributed by atoms with Crippen LogP contribution in [0.15, 0.2) is 36.5 Å². The Labute approximate surface area is 551 Å². The Morgan fingerprint density at radius 3 is 0.865 bits per heavy atom. The molecule has 0 atom stereocenters. The number of likely N-dealkylation sites (N-methyl/N-ethyl adjacent to an activating group) is 1. The first-order valence-electron chi connectivity index (χ1n) is 35.3. The van der Waals surface area contributed by atoms with Crippen LogP contribution in [0, 0.1) is 0 Å². The number of nitrogens with zero attached hydrogens (tertiary/aromatic N) is 1. The van der Waals surface area contributed by atoms with Gasteiger partial charge in [-0.05, 0) is 109 Å². The van der Waals surface area contributed by atoms with Gasteiger partial charge < -0.3 is 61.5 Å². The Balaban J connectivity index is -0.000000548. The monoisotopic (exact) mass is 1290 g/mol. The standard InChI is InChI=1S/C57H104O6.C6H16N2.C4H10O3.2C2H5NO2.ClH/c1-4-7-10-13-16-19-22-25-28-31-34-37-40-43-46-49-55(58)61-52-54(63-57(60)51-48-45-42-39-36-33-30-27-24-21-18-15-12-9-6-3)53-62-56(59)50-47-44-41-38-35-32-29-26-23-20-17-14-11-8-5-2;1-3-8(4-2)6-5-7;5-1-3-7-4-2-6;2*3-1-2(4)5;/h25-30,54H,4-24,31-53H2,1-3H3;3-7H2,1-2H3;5-6H,1-4H2;2*1,3H2,(H,4,5);1H/b28-25-,29-26-,30-27-;;;;;. The molecule has 0 aromatic heterocycles. The van der Waals surface area contributed by atoms with E-state index in [4.69, 9.17) is 40.4 Å². The number of carboxylic acid groups (broad SMARTS) is 2. The highest BCUT2D eigenvalue weighted by Crippen LogP contribution is 2.15. The molecule has 18 heteroatoms. The van der Waals surface area contributed by atoms with E-state index in [1.165, 1.54) is 173 Å². The number of aliphatic hydroxyl groups is 2. The number of aliphatic carboxylic acids is 2. The van der Waals surface area contributed by atoms with Crippen LogP contribution in [0.3, 0.4) is 0 Å². The van der Waals surface area contributed by atoms with Crippen LogP contribution in [0.5, 0.6) is 0 Å². The number of hydrogen-bond acceptors (Lipinski definition) is 15. The molecule has 0 heterocycles. The van der Waals surface area contributed by atoms with E-state index >= 15 is 0 Å². The van der Waals surface area contributed by atoms with Crippen LogP contribution in [0.1, 0.15) is 304 Å². The summed E-state index contributed by atoms with van der Waals surface area (Å²) >= 11 is 0. The molecule has 0 aliphatic carbocycles. The second-order valence-electron chi connectivity index (χ2n) is 22.6. The summed E-state index contributed by atoms with van der Waals surface area (Å²) < 4.78 is 21.5. The largest absolute Gasteiger partial charge is 0.480 e. The molecule has 0 fully saturated rings. The Bertz CT molecular complexity index is 1450. The average Bonchev–Trinajstić information content (AvgIpc) is 3.54. The van der Waals surface area contributed by atoms with Crippen molar-refractivity contribution in [1.82, 2.24) is 4.90 Å². The lowest BCUT2D eigenvalue weighted by Crippen LogP contribution is -2.30.